The molecule has 2 aromatic carbocycles. The van der Waals surface area contributed by atoms with E-state index in [1.165, 1.54) is 0 Å². The summed E-state index contributed by atoms with van der Waals surface area (Å²) in [5, 5.41) is 10.9. The topological polar surface area (TPSA) is 104 Å². The first-order chi connectivity index (χ1) is 17.4. The number of nitrogens with zero attached hydrogens (tertiary/aromatic N) is 1. The Balaban J connectivity index is 1.88. The van der Waals surface area contributed by atoms with Crippen LogP contribution >= 0.6 is 23.2 Å². The number of carbonyl (C=O) groups excluding carboxylic acids is 1. The predicted molar refractivity (Wildman–Crippen MR) is 144 cm³/mol. The summed E-state index contributed by atoms with van der Waals surface area (Å²) < 4.78 is 27.4. The number of hydrogen-bond acceptors (Lipinski definition) is 4. The molecule has 2 aromatic rings. The van der Waals surface area contributed by atoms with Crippen molar-refractivity contribution < 1.29 is 23.1 Å². The Morgan fingerprint density at radius 3 is 2.38 bits per heavy atom. The van der Waals surface area contributed by atoms with E-state index in [9.17, 15) is 23.1 Å². The Bertz CT molecular complexity index is 1270. The number of halogens is 2. The first kappa shape index (κ1) is 27.9. The molecule has 1 amide bonds. The Kier molecular flexibility index (Phi) is 8.24. The van der Waals surface area contributed by atoms with Gasteiger partial charge in [-0.1, -0.05) is 54.4 Å². The number of benzene rings is 2. The summed E-state index contributed by atoms with van der Waals surface area (Å²) in [6, 6.07) is 13.8. The summed E-state index contributed by atoms with van der Waals surface area (Å²) in [5.74, 6) is -1.56. The van der Waals surface area contributed by atoms with Crippen LogP contribution in [-0.2, 0) is 19.6 Å². The molecule has 1 aliphatic carbocycles. The lowest BCUT2D eigenvalue weighted by molar-refractivity contribution is -0.161. The molecule has 4 rings (SSSR count). The lowest BCUT2D eigenvalue weighted by Crippen LogP contribution is -2.59. The summed E-state index contributed by atoms with van der Waals surface area (Å²) in [6.45, 7) is 3.34. The third-order valence-electron chi connectivity index (χ3n) is 7.55. The number of sulfonamides is 1. The number of amides is 1. The normalized spacial score (nSPS) is 25.2. The first-order valence-electron chi connectivity index (χ1n) is 12.5. The molecule has 37 heavy (non-hydrogen) atoms. The van der Waals surface area contributed by atoms with Gasteiger partial charge in [0.2, 0.25) is 15.9 Å². The quantitative estimate of drug-likeness (QED) is 0.408. The van der Waals surface area contributed by atoms with Crippen molar-refractivity contribution in [2.45, 2.75) is 57.5 Å². The number of hydrogen-bond donors (Lipinski definition) is 2. The Morgan fingerprint density at radius 2 is 1.81 bits per heavy atom. The zero-order chi connectivity index (χ0) is 27.0. The number of carboxylic acids is 1. The van der Waals surface area contributed by atoms with Gasteiger partial charge in [0, 0.05) is 28.5 Å². The zero-order valence-corrected chi connectivity index (χ0v) is 23.2. The van der Waals surface area contributed by atoms with Gasteiger partial charge in [-0.15, -0.1) is 0 Å². The zero-order valence-electron chi connectivity index (χ0n) is 20.9. The number of piperidine rings is 1. The van der Waals surface area contributed by atoms with Crippen LogP contribution in [0, 0.1) is 11.3 Å². The molecule has 0 spiro atoms. The second-order valence-electron chi connectivity index (χ2n) is 10.4. The van der Waals surface area contributed by atoms with Crippen molar-refractivity contribution in [1.82, 2.24) is 9.62 Å². The van der Waals surface area contributed by atoms with E-state index in [1.54, 1.807) is 36.9 Å². The van der Waals surface area contributed by atoms with Crippen LogP contribution in [0.2, 0.25) is 10.0 Å². The maximum atomic E-state index is 14.3. The Morgan fingerprint density at radius 1 is 1.14 bits per heavy atom. The van der Waals surface area contributed by atoms with Crippen LogP contribution in [-0.4, -0.2) is 48.6 Å². The molecule has 200 valence electrons. The van der Waals surface area contributed by atoms with Crippen molar-refractivity contribution in [3.05, 3.63) is 69.7 Å². The van der Waals surface area contributed by atoms with Crippen LogP contribution in [0.1, 0.15) is 62.6 Å². The van der Waals surface area contributed by atoms with E-state index in [1.807, 2.05) is 30.3 Å². The van der Waals surface area contributed by atoms with E-state index >= 15 is 0 Å². The van der Waals surface area contributed by atoms with Crippen LogP contribution < -0.4 is 4.72 Å². The van der Waals surface area contributed by atoms with E-state index in [4.69, 9.17) is 23.2 Å². The standard InChI is InChI=1S/C27H32Cl2N2O5S/c1-3-37(35,36)30-16-23(17-7-8-17)31-25(18-9-11-20(28)12-10-18)22(19-5-4-6-21(29)13-19)14-27(2,26(31)34)15-24(32)33/h4-6,9-13,17,22-23,25,30H,3,7-8,14-16H2,1-2H3,(H,32,33)/t22-,23-,25?,27-/m1/s1. The van der Waals surface area contributed by atoms with Gasteiger partial charge >= 0.3 is 5.97 Å². The highest BCUT2D eigenvalue weighted by Gasteiger charge is 2.54. The van der Waals surface area contributed by atoms with Crippen molar-refractivity contribution in [2.75, 3.05) is 12.3 Å². The molecular formula is C27H32Cl2N2O5S. The minimum Gasteiger partial charge on any atom is -0.481 e. The largest absolute Gasteiger partial charge is 0.481 e. The fraction of sp³-hybridized carbons (Fsp3) is 0.481. The van der Waals surface area contributed by atoms with Gasteiger partial charge in [-0.05, 0) is 67.5 Å². The molecule has 2 N–H and O–H groups in total. The van der Waals surface area contributed by atoms with Crippen molar-refractivity contribution >= 4 is 45.1 Å². The fourth-order valence-corrected chi connectivity index (χ4v) is 6.49. The smallest absolute Gasteiger partial charge is 0.304 e. The van der Waals surface area contributed by atoms with Crippen LogP contribution in [0.5, 0.6) is 0 Å². The third kappa shape index (κ3) is 6.30. The molecule has 0 radical (unpaired) electrons. The SMILES string of the molecule is CCS(=O)(=O)NC[C@H](C1CC1)N1C(=O)[C@@](C)(CC(=O)O)C[C@H](c2cccc(Cl)c2)C1c1ccc(Cl)cc1. The average molecular weight is 568 g/mol. The molecule has 2 aliphatic rings. The predicted octanol–water partition coefficient (Wildman–Crippen LogP) is 5.25. The molecule has 1 aliphatic heterocycles. The lowest BCUT2D eigenvalue weighted by Gasteiger charge is -2.52. The van der Waals surface area contributed by atoms with Crippen molar-refractivity contribution in [3.63, 3.8) is 0 Å². The first-order valence-corrected chi connectivity index (χ1v) is 14.9. The molecule has 4 atom stereocenters. The van der Waals surface area contributed by atoms with Gasteiger partial charge < -0.3 is 10.0 Å². The summed E-state index contributed by atoms with van der Waals surface area (Å²) in [6.07, 6.45) is 1.71. The van der Waals surface area contributed by atoms with Gasteiger partial charge in [-0.2, -0.15) is 0 Å². The van der Waals surface area contributed by atoms with Crippen molar-refractivity contribution in [3.8, 4) is 0 Å². The van der Waals surface area contributed by atoms with Crippen molar-refractivity contribution in [1.29, 1.82) is 0 Å². The Labute approximate surface area is 228 Å². The molecular weight excluding hydrogens is 535 g/mol. The third-order valence-corrected chi connectivity index (χ3v) is 9.40. The summed E-state index contributed by atoms with van der Waals surface area (Å²) in [4.78, 5) is 28.0. The van der Waals surface area contributed by atoms with Gasteiger partial charge in [0.1, 0.15) is 0 Å². The summed E-state index contributed by atoms with van der Waals surface area (Å²) >= 11 is 12.6. The number of rotatable bonds is 10. The molecule has 2 fully saturated rings. The minimum atomic E-state index is -3.50. The second kappa shape index (κ2) is 10.9. The molecule has 1 saturated carbocycles. The number of nitrogens with one attached hydrogen (secondary N) is 1. The highest BCUT2D eigenvalue weighted by Crippen LogP contribution is 2.53. The average Bonchev–Trinajstić information content (AvgIpc) is 3.67. The number of carbonyl (C=O) groups is 2. The maximum Gasteiger partial charge on any atom is 0.304 e. The number of aliphatic carboxylic acids is 1. The van der Waals surface area contributed by atoms with Gasteiger partial charge in [-0.25, -0.2) is 13.1 Å². The van der Waals surface area contributed by atoms with Gasteiger partial charge in [0.15, 0.2) is 0 Å². The van der Waals surface area contributed by atoms with Gasteiger partial charge in [0.25, 0.3) is 0 Å². The van der Waals surface area contributed by atoms with E-state index in [-0.39, 0.29) is 36.5 Å². The maximum absolute atomic E-state index is 14.3. The van der Waals surface area contributed by atoms with Crippen LogP contribution in [0.15, 0.2) is 48.5 Å². The summed E-state index contributed by atoms with van der Waals surface area (Å²) in [7, 11) is -3.50. The molecule has 7 nitrogen and oxygen atoms in total. The highest BCUT2D eigenvalue weighted by atomic mass is 35.5. The minimum absolute atomic E-state index is 0.0686. The molecule has 0 aromatic heterocycles. The molecule has 1 heterocycles. The molecule has 1 saturated heterocycles. The summed E-state index contributed by atoms with van der Waals surface area (Å²) in [5.41, 5.74) is 0.563. The van der Waals surface area contributed by atoms with E-state index < -0.39 is 33.5 Å². The second-order valence-corrected chi connectivity index (χ2v) is 13.3. The monoisotopic (exact) mass is 566 g/mol. The number of carboxylic acid groups (broad SMARTS) is 1. The fourth-order valence-electron chi connectivity index (χ4n) is 5.53. The van der Waals surface area contributed by atoms with Gasteiger partial charge in [-0.3, -0.25) is 9.59 Å². The van der Waals surface area contributed by atoms with Crippen LogP contribution in [0.25, 0.3) is 0 Å². The molecule has 0 bridgehead atoms. The highest BCUT2D eigenvalue weighted by molar-refractivity contribution is 7.89. The number of likely N-dealkylation sites (tertiary alicyclic amines) is 1. The Hall–Kier alpha value is -2.13. The van der Waals surface area contributed by atoms with Gasteiger partial charge in [0.05, 0.1) is 23.6 Å². The lowest BCUT2D eigenvalue weighted by atomic mass is 9.67. The van der Waals surface area contributed by atoms with E-state index in [0.29, 0.717) is 16.5 Å². The molecule has 10 heteroatoms. The van der Waals surface area contributed by atoms with E-state index in [0.717, 1.165) is 24.0 Å². The van der Waals surface area contributed by atoms with Crippen LogP contribution in [0.3, 0.4) is 0 Å². The van der Waals surface area contributed by atoms with E-state index in [2.05, 4.69) is 4.72 Å². The molecule has 1 unspecified atom stereocenters. The van der Waals surface area contributed by atoms with Crippen molar-refractivity contribution in [2.24, 2.45) is 11.3 Å². The van der Waals surface area contributed by atoms with Crippen LogP contribution in [0.4, 0.5) is 0 Å².